The molecule has 0 saturated heterocycles. The van der Waals surface area contributed by atoms with Crippen LogP contribution in [0.1, 0.15) is 23.7 Å². The molecule has 2 aromatic carbocycles. The van der Waals surface area contributed by atoms with E-state index in [9.17, 15) is 9.18 Å². The van der Waals surface area contributed by atoms with Gasteiger partial charge in [0.05, 0.1) is 0 Å². The van der Waals surface area contributed by atoms with Crippen molar-refractivity contribution in [1.29, 1.82) is 0 Å². The first-order valence-corrected chi connectivity index (χ1v) is 8.93. The molecule has 8 heteroatoms. The summed E-state index contributed by atoms with van der Waals surface area (Å²) in [5.41, 5.74) is 1.86. The van der Waals surface area contributed by atoms with Gasteiger partial charge in [0, 0.05) is 16.1 Å². The standard InChI is InChI=1S/C18H15BrFN5O/c1-10-22-23-24-25(10)17-8-13(5-6-16(17)20)21-18(26)15-9-14(15)11-3-2-4-12(19)7-11/h2-8,14-15H,9H2,1H3,(H,21,26). The maximum Gasteiger partial charge on any atom is 0.228 e. The second-order valence-corrected chi connectivity index (χ2v) is 7.21. The van der Waals surface area contributed by atoms with Gasteiger partial charge in [-0.25, -0.2) is 4.39 Å². The summed E-state index contributed by atoms with van der Waals surface area (Å²) < 4.78 is 16.4. The van der Waals surface area contributed by atoms with E-state index < -0.39 is 5.82 Å². The van der Waals surface area contributed by atoms with E-state index in [0.29, 0.717) is 11.5 Å². The Morgan fingerprint density at radius 2 is 2.15 bits per heavy atom. The van der Waals surface area contributed by atoms with E-state index in [0.717, 1.165) is 16.5 Å². The number of hydrogen-bond donors (Lipinski definition) is 1. The number of nitrogens with zero attached hydrogens (tertiary/aromatic N) is 4. The molecule has 1 fully saturated rings. The third-order valence-electron chi connectivity index (χ3n) is 4.47. The third kappa shape index (κ3) is 3.24. The van der Waals surface area contributed by atoms with Crippen LogP contribution in [0.4, 0.5) is 10.1 Å². The SMILES string of the molecule is Cc1nnnn1-c1cc(NC(=O)C2CC2c2cccc(Br)c2)ccc1F. The molecule has 1 N–H and O–H groups in total. The maximum atomic E-state index is 14.1. The summed E-state index contributed by atoms with van der Waals surface area (Å²) in [5.74, 6) is 0.0730. The molecule has 1 aliphatic carbocycles. The molecule has 1 amide bonds. The van der Waals surface area contributed by atoms with Crippen LogP contribution in [-0.2, 0) is 4.79 Å². The summed E-state index contributed by atoms with van der Waals surface area (Å²) >= 11 is 3.45. The van der Waals surface area contributed by atoms with Gasteiger partial charge in [0.15, 0.2) is 5.82 Å². The van der Waals surface area contributed by atoms with Crippen LogP contribution in [0, 0.1) is 18.7 Å². The Balaban J connectivity index is 1.50. The maximum absolute atomic E-state index is 14.1. The Kier molecular flexibility index (Phi) is 4.28. The average molecular weight is 416 g/mol. The van der Waals surface area contributed by atoms with E-state index in [-0.39, 0.29) is 23.4 Å². The average Bonchev–Trinajstić information content (AvgIpc) is 3.32. The monoisotopic (exact) mass is 415 g/mol. The summed E-state index contributed by atoms with van der Waals surface area (Å²) in [7, 11) is 0. The molecule has 0 aliphatic heterocycles. The van der Waals surface area contributed by atoms with Gasteiger partial charge in [-0.1, -0.05) is 28.1 Å². The summed E-state index contributed by atoms with van der Waals surface area (Å²) in [5, 5.41) is 13.9. The van der Waals surface area contributed by atoms with Crippen molar-refractivity contribution in [3.8, 4) is 5.69 Å². The van der Waals surface area contributed by atoms with Gasteiger partial charge < -0.3 is 5.32 Å². The van der Waals surface area contributed by atoms with Gasteiger partial charge >= 0.3 is 0 Å². The lowest BCUT2D eigenvalue weighted by Crippen LogP contribution is -2.15. The lowest BCUT2D eigenvalue weighted by Gasteiger charge is -2.09. The first-order chi connectivity index (χ1) is 12.5. The van der Waals surface area contributed by atoms with E-state index in [1.807, 2.05) is 24.3 Å². The topological polar surface area (TPSA) is 72.7 Å². The zero-order chi connectivity index (χ0) is 18.3. The van der Waals surface area contributed by atoms with Crippen molar-refractivity contribution >= 4 is 27.5 Å². The number of carbonyl (C=O) groups excluding carboxylic acids is 1. The van der Waals surface area contributed by atoms with Gasteiger partial charge in [-0.05, 0) is 65.6 Å². The highest BCUT2D eigenvalue weighted by Crippen LogP contribution is 2.48. The number of tetrazole rings is 1. The van der Waals surface area contributed by atoms with Gasteiger partial charge in [0.1, 0.15) is 11.5 Å². The van der Waals surface area contributed by atoms with E-state index in [1.165, 1.54) is 22.9 Å². The predicted molar refractivity (Wildman–Crippen MR) is 97.5 cm³/mol. The van der Waals surface area contributed by atoms with Crippen LogP contribution >= 0.6 is 15.9 Å². The van der Waals surface area contributed by atoms with Gasteiger partial charge in [-0.15, -0.1) is 5.10 Å². The number of nitrogens with one attached hydrogen (secondary N) is 1. The zero-order valence-corrected chi connectivity index (χ0v) is 15.4. The molecule has 1 aromatic heterocycles. The molecule has 6 nitrogen and oxygen atoms in total. The smallest absolute Gasteiger partial charge is 0.228 e. The number of benzene rings is 2. The van der Waals surface area contributed by atoms with Crippen molar-refractivity contribution in [3.63, 3.8) is 0 Å². The van der Waals surface area contributed by atoms with Crippen molar-refractivity contribution in [1.82, 2.24) is 20.2 Å². The first kappa shape index (κ1) is 16.8. The van der Waals surface area contributed by atoms with Crippen LogP contribution in [0.2, 0.25) is 0 Å². The highest BCUT2D eigenvalue weighted by molar-refractivity contribution is 9.10. The second kappa shape index (κ2) is 6.60. The Morgan fingerprint density at radius 3 is 2.88 bits per heavy atom. The second-order valence-electron chi connectivity index (χ2n) is 6.30. The van der Waals surface area contributed by atoms with Crippen molar-refractivity contribution in [3.05, 3.63) is 64.1 Å². The fourth-order valence-electron chi connectivity index (χ4n) is 3.03. The third-order valence-corrected chi connectivity index (χ3v) is 4.96. The van der Waals surface area contributed by atoms with Crippen molar-refractivity contribution < 1.29 is 9.18 Å². The van der Waals surface area contributed by atoms with Crippen LogP contribution < -0.4 is 5.32 Å². The Hall–Kier alpha value is -2.61. The number of halogens is 2. The normalized spacial score (nSPS) is 18.6. The predicted octanol–water partition coefficient (Wildman–Crippen LogP) is 3.61. The largest absolute Gasteiger partial charge is 0.326 e. The Bertz CT molecular complexity index is 989. The molecule has 1 saturated carbocycles. The highest BCUT2D eigenvalue weighted by atomic mass is 79.9. The van der Waals surface area contributed by atoms with Crippen LogP contribution in [0.25, 0.3) is 5.69 Å². The molecule has 0 radical (unpaired) electrons. The summed E-state index contributed by atoms with van der Waals surface area (Å²) in [4.78, 5) is 12.5. The fourth-order valence-corrected chi connectivity index (χ4v) is 3.45. The Labute approximate surface area is 157 Å². The van der Waals surface area contributed by atoms with E-state index in [1.54, 1.807) is 6.92 Å². The summed E-state index contributed by atoms with van der Waals surface area (Å²) in [6.45, 7) is 1.68. The zero-order valence-electron chi connectivity index (χ0n) is 13.9. The molecule has 2 atom stereocenters. The van der Waals surface area contributed by atoms with Crippen molar-refractivity contribution in [2.45, 2.75) is 19.3 Å². The molecule has 132 valence electrons. The number of amides is 1. The van der Waals surface area contributed by atoms with Crippen LogP contribution in [0.5, 0.6) is 0 Å². The minimum absolute atomic E-state index is 0.0685. The lowest BCUT2D eigenvalue weighted by molar-refractivity contribution is -0.117. The quantitative estimate of drug-likeness (QED) is 0.706. The number of hydrogen-bond acceptors (Lipinski definition) is 4. The van der Waals surface area contributed by atoms with Crippen LogP contribution in [-0.4, -0.2) is 26.1 Å². The number of rotatable bonds is 4. The van der Waals surface area contributed by atoms with Crippen LogP contribution in [0.15, 0.2) is 46.9 Å². The van der Waals surface area contributed by atoms with Gasteiger partial charge in [0.2, 0.25) is 5.91 Å². The molecule has 2 unspecified atom stereocenters. The molecule has 1 aliphatic rings. The molecular formula is C18H15BrFN5O. The van der Waals surface area contributed by atoms with Crippen LogP contribution in [0.3, 0.4) is 0 Å². The highest BCUT2D eigenvalue weighted by Gasteiger charge is 2.44. The number of aryl methyl sites for hydroxylation is 1. The Morgan fingerprint density at radius 1 is 1.31 bits per heavy atom. The summed E-state index contributed by atoms with van der Waals surface area (Å²) in [6.07, 6.45) is 0.808. The number of carbonyl (C=O) groups is 1. The fraction of sp³-hybridized carbons (Fsp3) is 0.222. The minimum Gasteiger partial charge on any atom is -0.326 e. The molecule has 0 spiro atoms. The van der Waals surface area contributed by atoms with E-state index in [4.69, 9.17) is 0 Å². The molecular weight excluding hydrogens is 401 g/mol. The van der Waals surface area contributed by atoms with E-state index in [2.05, 4.69) is 36.8 Å². The molecule has 3 aromatic rings. The number of anilines is 1. The molecule has 0 bridgehead atoms. The molecule has 4 rings (SSSR count). The van der Waals surface area contributed by atoms with Crippen molar-refractivity contribution in [2.75, 3.05) is 5.32 Å². The number of aromatic nitrogens is 4. The minimum atomic E-state index is -0.461. The summed E-state index contributed by atoms with van der Waals surface area (Å²) in [6, 6.07) is 12.4. The van der Waals surface area contributed by atoms with Gasteiger partial charge in [0.25, 0.3) is 0 Å². The first-order valence-electron chi connectivity index (χ1n) is 8.14. The van der Waals surface area contributed by atoms with E-state index >= 15 is 0 Å². The molecule has 26 heavy (non-hydrogen) atoms. The molecule has 1 heterocycles. The van der Waals surface area contributed by atoms with Gasteiger partial charge in [-0.2, -0.15) is 4.68 Å². The van der Waals surface area contributed by atoms with Crippen molar-refractivity contribution in [2.24, 2.45) is 5.92 Å². The van der Waals surface area contributed by atoms with Gasteiger partial charge in [-0.3, -0.25) is 4.79 Å². The lowest BCUT2D eigenvalue weighted by atomic mass is 10.1.